The molecule has 3 heteroatoms. The second-order valence-corrected chi connectivity index (χ2v) is 6.45. The molecule has 19 heavy (non-hydrogen) atoms. The van der Waals surface area contributed by atoms with Crippen molar-refractivity contribution in [1.82, 2.24) is 5.32 Å². The maximum absolute atomic E-state index is 5.67. The summed E-state index contributed by atoms with van der Waals surface area (Å²) in [5.74, 6) is 2.24. The molecule has 0 amide bonds. The topological polar surface area (TPSA) is 21.3 Å². The van der Waals surface area contributed by atoms with E-state index in [2.05, 4.69) is 44.4 Å². The van der Waals surface area contributed by atoms with E-state index in [1.165, 1.54) is 29.5 Å². The third-order valence-corrected chi connectivity index (χ3v) is 4.94. The molecule has 1 aromatic rings. The van der Waals surface area contributed by atoms with Gasteiger partial charge >= 0.3 is 0 Å². The van der Waals surface area contributed by atoms with Gasteiger partial charge in [0.25, 0.3) is 0 Å². The lowest BCUT2D eigenvalue weighted by molar-refractivity contribution is 0.129. The standard InChI is InChI=1S/C16H25NOS/c1-12-6-7-15(13(2)9-12)16(17-3)11-19-10-14-5-4-8-18-14/h6-7,9,14,16-17H,4-5,8,10-11H2,1-3H3. The van der Waals surface area contributed by atoms with E-state index >= 15 is 0 Å². The fraction of sp³-hybridized carbons (Fsp3) is 0.625. The Bertz CT molecular complexity index is 402. The Morgan fingerprint density at radius 3 is 2.89 bits per heavy atom. The van der Waals surface area contributed by atoms with Gasteiger partial charge in [0.1, 0.15) is 0 Å². The quantitative estimate of drug-likeness (QED) is 0.861. The molecule has 2 unspecified atom stereocenters. The van der Waals surface area contributed by atoms with Crippen molar-refractivity contribution >= 4 is 11.8 Å². The summed E-state index contributed by atoms with van der Waals surface area (Å²) < 4.78 is 5.67. The van der Waals surface area contributed by atoms with Crippen LogP contribution < -0.4 is 5.32 Å². The first-order valence-corrected chi connectivity index (χ1v) is 8.30. The van der Waals surface area contributed by atoms with E-state index in [1.54, 1.807) is 0 Å². The van der Waals surface area contributed by atoms with Crippen molar-refractivity contribution in [3.63, 3.8) is 0 Å². The number of thioether (sulfide) groups is 1. The highest BCUT2D eigenvalue weighted by atomic mass is 32.2. The highest BCUT2D eigenvalue weighted by Crippen LogP contribution is 2.24. The molecule has 2 atom stereocenters. The zero-order valence-corrected chi connectivity index (χ0v) is 13.1. The molecule has 0 radical (unpaired) electrons. The van der Waals surface area contributed by atoms with Crippen molar-refractivity contribution in [2.24, 2.45) is 0 Å². The van der Waals surface area contributed by atoms with E-state index in [1.807, 2.05) is 11.8 Å². The van der Waals surface area contributed by atoms with E-state index < -0.39 is 0 Å². The minimum atomic E-state index is 0.437. The van der Waals surface area contributed by atoms with Crippen LogP contribution in [0.4, 0.5) is 0 Å². The average Bonchev–Trinajstić information content (AvgIpc) is 2.89. The molecule has 2 nitrogen and oxygen atoms in total. The predicted molar refractivity (Wildman–Crippen MR) is 84.0 cm³/mol. The van der Waals surface area contributed by atoms with E-state index in [-0.39, 0.29) is 0 Å². The first-order chi connectivity index (χ1) is 9.20. The molecule has 1 fully saturated rings. The average molecular weight is 279 g/mol. The Morgan fingerprint density at radius 2 is 2.26 bits per heavy atom. The summed E-state index contributed by atoms with van der Waals surface area (Å²) in [4.78, 5) is 0. The molecule has 1 aliphatic rings. The number of aryl methyl sites for hydroxylation is 2. The summed E-state index contributed by atoms with van der Waals surface area (Å²) in [6.07, 6.45) is 2.96. The molecule has 106 valence electrons. The van der Waals surface area contributed by atoms with Gasteiger partial charge in [-0.2, -0.15) is 11.8 Å². The van der Waals surface area contributed by atoms with Crippen molar-refractivity contribution < 1.29 is 4.74 Å². The smallest absolute Gasteiger partial charge is 0.0666 e. The van der Waals surface area contributed by atoms with Gasteiger partial charge in [-0.15, -0.1) is 0 Å². The molecular weight excluding hydrogens is 254 g/mol. The molecule has 1 heterocycles. The summed E-state index contributed by atoms with van der Waals surface area (Å²) in [5, 5.41) is 3.44. The van der Waals surface area contributed by atoms with Crippen molar-refractivity contribution in [2.45, 2.75) is 38.8 Å². The lowest BCUT2D eigenvalue weighted by atomic mass is 10.0. The second kappa shape index (κ2) is 7.32. The van der Waals surface area contributed by atoms with Crippen LogP contribution in [0.15, 0.2) is 18.2 Å². The van der Waals surface area contributed by atoms with Crippen LogP contribution in [0.2, 0.25) is 0 Å². The van der Waals surface area contributed by atoms with Crippen molar-refractivity contribution in [2.75, 3.05) is 25.2 Å². The third kappa shape index (κ3) is 4.23. The summed E-state index contributed by atoms with van der Waals surface area (Å²) in [5.41, 5.74) is 4.15. The van der Waals surface area contributed by atoms with Gasteiger partial charge in [-0.1, -0.05) is 23.8 Å². The van der Waals surface area contributed by atoms with Crippen molar-refractivity contribution in [3.8, 4) is 0 Å². The maximum Gasteiger partial charge on any atom is 0.0666 e. The first kappa shape index (κ1) is 14.9. The SMILES string of the molecule is CNC(CSCC1CCCO1)c1ccc(C)cc1C. The second-order valence-electron chi connectivity index (χ2n) is 5.37. The number of hydrogen-bond donors (Lipinski definition) is 1. The number of ether oxygens (including phenoxy) is 1. The molecule has 0 bridgehead atoms. The predicted octanol–water partition coefficient (Wildman–Crippen LogP) is 3.48. The monoisotopic (exact) mass is 279 g/mol. The largest absolute Gasteiger partial charge is 0.377 e. The van der Waals surface area contributed by atoms with Gasteiger partial charge in [-0.25, -0.2) is 0 Å². The molecule has 0 aromatic heterocycles. The van der Waals surface area contributed by atoms with Crippen LogP contribution >= 0.6 is 11.8 Å². The van der Waals surface area contributed by atoms with Crippen LogP contribution in [0.3, 0.4) is 0 Å². The zero-order valence-electron chi connectivity index (χ0n) is 12.2. The minimum Gasteiger partial charge on any atom is -0.377 e. The Hall–Kier alpha value is -0.510. The van der Waals surface area contributed by atoms with E-state index in [9.17, 15) is 0 Å². The van der Waals surface area contributed by atoms with Gasteiger partial charge in [0.05, 0.1) is 6.10 Å². The highest BCUT2D eigenvalue weighted by molar-refractivity contribution is 7.99. The van der Waals surface area contributed by atoms with Gasteiger partial charge in [-0.3, -0.25) is 0 Å². The van der Waals surface area contributed by atoms with E-state index in [0.717, 1.165) is 18.1 Å². The maximum atomic E-state index is 5.67. The molecule has 0 saturated carbocycles. The fourth-order valence-corrected chi connectivity index (χ4v) is 3.88. The minimum absolute atomic E-state index is 0.437. The van der Waals surface area contributed by atoms with Crippen LogP contribution in [0.1, 0.15) is 35.6 Å². The summed E-state index contributed by atoms with van der Waals surface area (Å²) in [6, 6.07) is 7.17. The number of benzene rings is 1. The third-order valence-electron chi connectivity index (χ3n) is 3.76. The van der Waals surface area contributed by atoms with Gasteiger partial charge < -0.3 is 10.1 Å². The molecule has 1 aliphatic heterocycles. The number of rotatable bonds is 6. The normalized spacial score (nSPS) is 20.7. The first-order valence-electron chi connectivity index (χ1n) is 7.14. The van der Waals surface area contributed by atoms with Gasteiger partial charge in [-0.05, 0) is 44.9 Å². The Kier molecular flexibility index (Phi) is 5.74. The van der Waals surface area contributed by atoms with Crippen molar-refractivity contribution in [3.05, 3.63) is 34.9 Å². The Balaban J connectivity index is 1.88. The van der Waals surface area contributed by atoms with E-state index in [0.29, 0.717) is 12.1 Å². The zero-order chi connectivity index (χ0) is 13.7. The summed E-state index contributed by atoms with van der Waals surface area (Å²) in [7, 11) is 2.05. The Labute approximate surface area is 121 Å². The van der Waals surface area contributed by atoms with Crippen LogP contribution in [0.25, 0.3) is 0 Å². The molecule has 0 aliphatic carbocycles. The van der Waals surface area contributed by atoms with E-state index in [4.69, 9.17) is 4.74 Å². The number of hydrogen-bond acceptors (Lipinski definition) is 3. The van der Waals surface area contributed by atoms with Gasteiger partial charge in [0.15, 0.2) is 0 Å². The molecule has 0 spiro atoms. The summed E-state index contributed by atoms with van der Waals surface area (Å²) >= 11 is 2.00. The lowest BCUT2D eigenvalue weighted by Gasteiger charge is -2.20. The van der Waals surface area contributed by atoms with Crippen LogP contribution in [-0.2, 0) is 4.74 Å². The Morgan fingerprint density at radius 1 is 1.42 bits per heavy atom. The van der Waals surface area contributed by atoms with Crippen LogP contribution in [0, 0.1) is 13.8 Å². The molecule has 2 rings (SSSR count). The van der Waals surface area contributed by atoms with Crippen LogP contribution in [-0.4, -0.2) is 31.3 Å². The van der Waals surface area contributed by atoms with Crippen LogP contribution in [0.5, 0.6) is 0 Å². The lowest BCUT2D eigenvalue weighted by Crippen LogP contribution is -2.21. The fourth-order valence-electron chi connectivity index (χ4n) is 2.64. The molecule has 1 saturated heterocycles. The molecule has 1 N–H and O–H groups in total. The van der Waals surface area contributed by atoms with Gasteiger partial charge in [0.2, 0.25) is 0 Å². The van der Waals surface area contributed by atoms with Crippen molar-refractivity contribution in [1.29, 1.82) is 0 Å². The molecular formula is C16H25NOS. The summed E-state index contributed by atoms with van der Waals surface area (Å²) in [6.45, 7) is 5.31. The van der Waals surface area contributed by atoms with Gasteiger partial charge in [0, 0.05) is 24.2 Å². The highest BCUT2D eigenvalue weighted by Gasteiger charge is 2.17. The molecule has 1 aromatic carbocycles. The number of nitrogens with one attached hydrogen (secondary N) is 1.